The molecule has 1 amide bonds. The number of amides is 1. The average Bonchev–Trinajstić information content (AvgIpc) is 3.16. The Hall–Kier alpha value is -0.760. The van der Waals surface area contributed by atoms with E-state index in [0.29, 0.717) is 12.3 Å². The summed E-state index contributed by atoms with van der Waals surface area (Å²) in [6, 6.07) is 6.43. The molecule has 0 aliphatic carbocycles. The molecule has 3 rings (SSSR count). The lowest BCUT2D eigenvalue weighted by Crippen LogP contribution is -2.59. The second-order valence-electron chi connectivity index (χ2n) is 7.01. The van der Waals surface area contributed by atoms with E-state index in [1.807, 2.05) is 18.7 Å². The molecule has 1 N–H and O–H groups in total. The minimum Gasteiger partial charge on any atom is -0.379 e. The number of ether oxygens (including phenoxy) is 1. The van der Waals surface area contributed by atoms with Crippen LogP contribution in [0.15, 0.2) is 29.2 Å². The Morgan fingerprint density at radius 2 is 2.12 bits per heavy atom. The highest BCUT2D eigenvalue weighted by molar-refractivity contribution is 7.99. The van der Waals surface area contributed by atoms with Gasteiger partial charge < -0.3 is 10.1 Å². The first-order valence-corrected chi connectivity index (χ1v) is 11.3. The van der Waals surface area contributed by atoms with Crippen molar-refractivity contribution in [3.05, 3.63) is 30.1 Å². The zero-order valence-corrected chi connectivity index (χ0v) is 16.8. The molecule has 2 heterocycles. The predicted octanol–water partition coefficient (Wildman–Crippen LogP) is 2.88. The van der Waals surface area contributed by atoms with E-state index in [-0.39, 0.29) is 23.2 Å². The maximum Gasteiger partial charge on any atom is 0.223 e. The summed E-state index contributed by atoms with van der Waals surface area (Å²) in [6.45, 7) is 6.13. The predicted molar refractivity (Wildman–Crippen MR) is 106 cm³/mol. The molecule has 0 saturated carbocycles. The number of benzene rings is 1. The fourth-order valence-corrected chi connectivity index (χ4v) is 5.79. The molecule has 2 atom stereocenters. The Balaban J connectivity index is 1.48. The standard InChI is InChI=1S/C19H27FN2O2S2/c1-15(12-26-17-4-2-16(20)3-5-17)18(23)21-13-19(6-11-25-14-19)22-7-9-24-10-8-22/h2-5,15H,6-14H2,1H3,(H,21,23)/t15-,19-/m0/s1. The van der Waals surface area contributed by atoms with Crippen LogP contribution < -0.4 is 5.32 Å². The van der Waals surface area contributed by atoms with Crippen molar-refractivity contribution >= 4 is 29.4 Å². The highest BCUT2D eigenvalue weighted by Gasteiger charge is 2.41. The van der Waals surface area contributed by atoms with Crippen LogP contribution in [-0.4, -0.2) is 66.5 Å². The second kappa shape index (κ2) is 9.44. The number of carbonyl (C=O) groups is 1. The summed E-state index contributed by atoms with van der Waals surface area (Å²) in [5.41, 5.74) is 0.0773. The van der Waals surface area contributed by atoms with Gasteiger partial charge in [-0.1, -0.05) is 6.92 Å². The van der Waals surface area contributed by atoms with E-state index in [9.17, 15) is 9.18 Å². The van der Waals surface area contributed by atoms with Gasteiger partial charge in [-0.05, 0) is 36.4 Å². The summed E-state index contributed by atoms with van der Waals surface area (Å²) in [7, 11) is 0. The molecule has 0 bridgehead atoms. The summed E-state index contributed by atoms with van der Waals surface area (Å²) >= 11 is 3.57. The van der Waals surface area contributed by atoms with Crippen LogP contribution in [0.25, 0.3) is 0 Å². The van der Waals surface area contributed by atoms with Crippen LogP contribution in [0, 0.1) is 11.7 Å². The fraction of sp³-hybridized carbons (Fsp3) is 0.632. The van der Waals surface area contributed by atoms with Gasteiger partial charge in [0, 0.05) is 47.5 Å². The Morgan fingerprint density at radius 1 is 1.38 bits per heavy atom. The third-order valence-electron chi connectivity index (χ3n) is 5.12. The first-order chi connectivity index (χ1) is 12.6. The molecule has 2 saturated heterocycles. The summed E-state index contributed by atoms with van der Waals surface area (Å²) in [5.74, 6) is 2.71. The lowest BCUT2D eigenvalue weighted by atomic mass is 9.95. The molecular weight excluding hydrogens is 371 g/mol. The largest absolute Gasteiger partial charge is 0.379 e. The van der Waals surface area contributed by atoms with Crippen LogP contribution in [0.5, 0.6) is 0 Å². The van der Waals surface area contributed by atoms with Gasteiger partial charge in [0.1, 0.15) is 5.82 Å². The Kier molecular flexibility index (Phi) is 7.26. The molecule has 1 aromatic rings. The second-order valence-corrected chi connectivity index (χ2v) is 9.21. The van der Waals surface area contributed by atoms with Gasteiger partial charge >= 0.3 is 0 Å². The summed E-state index contributed by atoms with van der Waals surface area (Å²) in [4.78, 5) is 16.1. The lowest BCUT2D eigenvalue weighted by molar-refractivity contribution is -0.124. The Labute approximate surface area is 163 Å². The highest BCUT2D eigenvalue weighted by atomic mass is 32.2. The first-order valence-electron chi connectivity index (χ1n) is 9.16. The zero-order chi connectivity index (χ0) is 18.4. The molecule has 0 radical (unpaired) electrons. The van der Waals surface area contributed by atoms with Crippen molar-refractivity contribution in [3.8, 4) is 0 Å². The number of thioether (sulfide) groups is 2. The molecule has 1 aromatic carbocycles. The number of halogens is 1. The summed E-state index contributed by atoms with van der Waals surface area (Å²) in [5, 5.41) is 3.20. The van der Waals surface area contributed by atoms with Crippen molar-refractivity contribution in [1.82, 2.24) is 10.2 Å². The molecule has 4 nitrogen and oxygen atoms in total. The zero-order valence-electron chi connectivity index (χ0n) is 15.2. The van der Waals surface area contributed by atoms with Crippen molar-refractivity contribution in [2.45, 2.75) is 23.8 Å². The maximum absolute atomic E-state index is 13.0. The van der Waals surface area contributed by atoms with Crippen LogP contribution in [-0.2, 0) is 9.53 Å². The van der Waals surface area contributed by atoms with Crippen LogP contribution in [0.3, 0.4) is 0 Å². The molecule has 2 aliphatic rings. The topological polar surface area (TPSA) is 41.6 Å². The van der Waals surface area contributed by atoms with Gasteiger partial charge in [0.2, 0.25) is 5.91 Å². The van der Waals surface area contributed by atoms with Crippen molar-refractivity contribution in [3.63, 3.8) is 0 Å². The molecule has 0 aromatic heterocycles. The minimum absolute atomic E-state index is 0.0773. The van der Waals surface area contributed by atoms with Gasteiger partial charge in [0.15, 0.2) is 0 Å². The number of hydrogen-bond donors (Lipinski definition) is 1. The van der Waals surface area contributed by atoms with E-state index >= 15 is 0 Å². The van der Waals surface area contributed by atoms with Crippen molar-refractivity contribution in [2.24, 2.45) is 5.92 Å². The van der Waals surface area contributed by atoms with E-state index in [1.165, 1.54) is 12.1 Å². The van der Waals surface area contributed by atoms with E-state index in [4.69, 9.17) is 4.74 Å². The number of morpholine rings is 1. The van der Waals surface area contributed by atoms with Gasteiger partial charge in [-0.2, -0.15) is 11.8 Å². The maximum atomic E-state index is 13.0. The number of carbonyl (C=O) groups excluding carboxylic acids is 1. The molecular formula is C19H27FN2O2S2. The SMILES string of the molecule is C[C@@H](CSc1ccc(F)cc1)C(=O)NC[C@@]1(N2CCOCC2)CCSC1. The van der Waals surface area contributed by atoms with E-state index in [2.05, 4.69) is 10.2 Å². The van der Waals surface area contributed by atoms with Crippen LogP contribution >= 0.6 is 23.5 Å². The number of nitrogens with one attached hydrogen (secondary N) is 1. The van der Waals surface area contributed by atoms with Crippen molar-refractivity contribution in [2.75, 3.05) is 50.1 Å². The molecule has 26 heavy (non-hydrogen) atoms. The smallest absolute Gasteiger partial charge is 0.223 e. The van der Waals surface area contributed by atoms with Crippen LogP contribution in [0.2, 0.25) is 0 Å². The molecule has 0 unspecified atom stereocenters. The van der Waals surface area contributed by atoms with E-state index < -0.39 is 0 Å². The van der Waals surface area contributed by atoms with Gasteiger partial charge in [-0.3, -0.25) is 9.69 Å². The number of nitrogens with zero attached hydrogens (tertiary/aromatic N) is 1. The molecule has 7 heteroatoms. The quantitative estimate of drug-likeness (QED) is 0.716. The minimum atomic E-state index is -0.233. The monoisotopic (exact) mass is 398 g/mol. The van der Waals surface area contributed by atoms with Crippen LogP contribution in [0.1, 0.15) is 13.3 Å². The van der Waals surface area contributed by atoms with Crippen molar-refractivity contribution < 1.29 is 13.9 Å². The average molecular weight is 399 g/mol. The molecule has 0 spiro atoms. The Bertz CT molecular complexity index is 588. The van der Waals surface area contributed by atoms with E-state index in [0.717, 1.165) is 49.1 Å². The van der Waals surface area contributed by atoms with Crippen LogP contribution in [0.4, 0.5) is 4.39 Å². The van der Waals surface area contributed by atoms with Gasteiger partial charge in [0.05, 0.1) is 13.2 Å². The van der Waals surface area contributed by atoms with Gasteiger partial charge in [-0.15, -0.1) is 11.8 Å². The van der Waals surface area contributed by atoms with Crippen molar-refractivity contribution in [1.29, 1.82) is 0 Å². The highest BCUT2D eigenvalue weighted by Crippen LogP contribution is 2.33. The number of hydrogen-bond acceptors (Lipinski definition) is 5. The lowest BCUT2D eigenvalue weighted by Gasteiger charge is -2.43. The van der Waals surface area contributed by atoms with E-state index in [1.54, 1.807) is 23.9 Å². The molecule has 144 valence electrons. The molecule has 2 fully saturated rings. The molecule has 2 aliphatic heterocycles. The fourth-order valence-electron chi connectivity index (χ4n) is 3.39. The summed E-state index contributed by atoms with van der Waals surface area (Å²) < 4.78 is 18.5. The summed E-state index contributed by atoms with van der Waals surface area (Å²) in [6.07, 6.45) is 1.12. The third kappa shape index (κ3) is 5.15. The normalized spacial score (nSPS) is 25.2. The first kappa shape index (κ1) is 20.0. The van der Waals surface area contributed by atoms with Gasteiger partial charge in [-0.25, -0.2) is 4.39 Å². The van der Waals surface area contributed by atoms with Gasteiger partial charge in [0.25, 0.3) is 0 Å². The Morgan fingerprint density at radius 3 is 2.77 bits per heavy atom. The number of rotatable bonds is 7. The third-order valence-corrected chi connectivity index (χ3v) is 7.62.